The van der Waals surface area contributed by atoms with Crippen molar-refractivity contribution in [3.63, 3.8) is 0 Å². The number of benzene rings is 1. The third-order valence-electron chi connectivity index (χ3n) is 4.28. The van der Waals surface area contributed by atoms with Crippen LogP contribution in [0.5, 0.6) is 0 Å². The smallest absolute Gasteiger partial charge is 0.408 e. The molecule has 1 aromatic rings. The number of aliphatic hydroxyl groups excluding tert-OH is 1. The first-order valence-corrected chi connectivity index (χ1v) is 8.01. The fourth-order valence-corrected chi connectivity index (χ4v) is 3.07. The topological polar surface area (TPSA) is 58.6 Å². The standard InChI is InChI=1S/C18H27NO3/c1-17(2,3)22-16(21)19-18(13-20)11-9-15(10-12-18)14-7-5-4-6-8-14/h4-8,15,20H,9-13H2,1-3H3,(H,19,21). The largest absolute Gasteiger partial charge is 0.444 e. The molecule has 4 heteroatoms. The predicted octanol–water partition coefficient (Wildman–Crippen LogP) is 3.60. The molecular formula is C18H27NO3. The van der Waals surface area contributed by atoms with Crippen LogP contribution in [-0.4, -0.2) is 28.9 Å². The average molecular weight is 305 g/mol. The van der Waals surface area contributed by atoms with Gasteiger partial charge in [-0.15, -0.1) is 0 Å². The molecule has 1 aliphatic rings. The molecular weight excluding hydrogens is 278 g/mol. The molecule has 2 rings (SSSR count). The van der Waals surface area contributed by atoms with Crippen LogP contribution < -0.4 is 5.32 Å². The highest BCUT2D eigenvalue weighted by Crippen LogP contribution is 2.37. The molecule has 0 saturated heterocycles. The Balaban J connectivity index is 1.95. The number of hydrogen-bond donors (Lipinski definition) is 2. The average Bonchev–Trinajstić information content (AvgIpc) is 2.47. The van der Waals surface area contributed by atoms with Gasteiger partial charge in [0, 0.05) is 0 Å². The summed E-state index contributed by atoms with van der Waals surface area (Å²) in [7, 11) is 0. The summed E-state index contributed by atoms with van der Waals surface area (Å²) in [6.45, 7) is 5.47. The summed E-state index contributed by atoms with van der Waals surface area (Å²) in [4.78, 5) is 12.0. The number of amides is 1. The van der Waals surface area contributed by atoms with Crippen LogP contribution in [0.25, 0.3) is 0 Å². The number of alkyl carbamates (subject to hydrolysis) is 1. The molecule has 4 nitrogen and oxygen atoms in total. The van der Waals surface area contributed by atoms with Crippen LogP contribution in [-0.2, 0) is 4.74 Å². The Labute approximate surface area is 132 Å². The SMILES string of the molecule is CC(C)(C)OC(=O)NC1(CO)CCC(c2ccccc2)CC1. The van der Waals surface area contributed by atoms with E-state index in [-0.39, 0.29) is 6.61 Å². The molecule has 1 aliphatic carbocycles. The molecule has 0 unspecified atom stereocenters. The predicted molar refractivity (Wildman–Crippen MR) is 86.8 cm³/mol. The van der Waals surface area contributed by atoms with Crippen LogP contribution in [0.3, 0.4) is 0 Å². The lowest BCUT2D eigenvalue weighted by Crippen LogP contribution is -2.54. The number of ether oxygens (including phenoxy) is 1. The Hall–Kier alpha value is -1.55. The van der Waals surface area contributed by atoms with Crippen molar-refractivity contribution in [2.24, 2.45) is 0 Å². The van der Waals surface area contributed by atoms with Crippen LogP contribution in [0.15, 0.2) is 30.3 Å². The van der Waals surface area contributed by atoms with Crippen LogP contribution in [0, 0.1) is 0 Å². The van der Waals surface area contributed by atoms with Gasteiger partial charge in [-0.25, -0.2) is 4.79 Å². The van der Waals surface area contributed by atoms with E-state index in [2.05, 4.69) is 29.6 Å². The van der Waals surface area contributed by atoms with E-state index in [4.69, 9.17) is 4.74 Å². The Kier molecular flexibility index (Phi) is 5.12. The zero-order valence-corrected chi connectivity index (χ0v) is 13.8. The van der Waals surface area contributed by atoms with Gasteiger partial charge in [0.2, 0.25) is 0 Å². The fourth-order valence-electron chi connectivity index (χ4n) is 3.07. The van der Waals surface area contributed by atoms with Crippen molar-refractivity contribution in [3.05, 3.63) is 35.9 Å². The van der Waals surface area contributed by atoms with Crippen molar-refractivity contribution in [1.29, 1.82) is 0 Å². The van der Waals surface area contributed by atoms with E-state index in [1.165, 1.54) is 5.56 Å². The van der Waals surface area contributed by atoms with Crippen molar-refractivity contribution in [1.82, 2.24) is 5.32 Å². The molecule has 2 N–H and O–H groups in total. The van der Waals surface area contributed by atoms with Gasteiger partial charge in [0.25, 0.3) is 0 Å². The third kappa shape index (κ3) is 4.47. The minimum atomic E-state index is -0.548. The molecule has 0 heterocycles. The van der Waals surface area contributed by atoms with E-state index >= 15 is 0 Å². The Morgan fingerprint density at radius 2 is 1.86 bits per heavy atom. The van der Waals surface area contributed by atoms with Crippen LogP contribution in [0.4, 0.5) is 4.79 Å². The van der Waals surface area contributed by atoms with Gasteiger partial charge in [0.05, 0.1) is 12.1 Å². The zero-order chi connectivity index (χ0) is 16.2. The van der Waals surface area contributed by atoms with Gasteiger partial charge in [-0.05, 0) is 57.9 Å². The van der Waals surface area contributed by atoms with Gasteiger partial charge in [-0.2, -0.15) is 0 Å². The molecule has 122 valence electrons. The van der Waals surface area contributed by atoms with Crippen molar-refractivity contribution < 1.29 is 14.6 Å². The molecule has 0 spiro atoms. The van der Waals surface area contributed by atoms with E-state index in [1.807, 2.05) is 26.8 Å². The number of aliphatic hydroxyl groups is 1. The van der Waals surface area contributed by atoms with Crippen LogP contribution in [0.2, 0.25) is 0 Å². The number of carbonyl (C=O) groups is 1. The van der Waals surface area contributed by atoms with E-state index in [9.17, 15) is 9.90 Å². The normalized spacial score (nSPS) is 25.5. The number of rotatable bonds is 3. The molecule has 22 heavy (non-hydrogen) atoms. The Morgan fingerprint density at radius 3 is 2.36 bits per heavy atom. The quantitative estimate of drug-likeness (QED) is 0.897. The maximum absolute atomic E-state index is 12.0. The molecule has 1 aromatic carbocycles. The summed E-state index contributed by atoms with van der Waals surface area (Å²) in [5, 5.41) is 12.7. The zero-order valence-electron chi connectivity index (χ0n) is 13.8. The molecule has 1 fully saturated rings. The summed E-state index contributed by atoms with van der Waals surface area (Å²) in [5.41, 5.74) is 0.265. The summed E-state index contributed by atoms with van der Waals surface area (Å²) in [6, 6.07) is 10.4. The minimum Gasteiger partial charge on any atom is -0.444 e. The summed E-state index contributed by atoms with van der Waals surface area (Å²) < 4.78 is 5.32. The summed E-state index contributed by atoms with van der Waals surface area (Å²) in [6.07, 6.45) is 3.01. The molecule has 0 atom stereocenters. The Bertz CT molecular complexity index is 485. The van der Waals surface area contributed by atoms with Gasteiger partial charge >= 0.3 is 6.09 Å². The molecule has 0 aliphatic heterocycles. The summed E-state index contributed by atoms with van der Waals surface area (Å²) >= 11 is 0. The fraction of sp³-hybridized carbons (Fsp3) is 0.611. The first-order chi connectivity index (χ1) is 10.3. The lowest BCUT2D eigenvalue weighted by atomic mass is 9.74. The van der Waals surface area contributed by atoms with E-state index in [0.717, 1.165) is 25.7 Å². The highest BCUT2D eigenvalue weighted by Gasteiger charge is 2.37. The van der Waals surface area contributed by atoms with Crippen molar-refractivity contribution in [3.8, 4) is 0 Å². The molecule has 1 amide bonds. The number of hydrogen-bond acceptors (Lipinski definition) is 3. The van der Waals surface area contributed by atoms with Gasteiger partial charge < -0.3 is 15.2 Å². The second-order valence-corrected chi connectivity index (χ2v) is 7.25. The first-order valence-electron chi connectivity index (χ1n) is 8.01. The van der Waals surface area contributed by atoms with Gasteiger partial charge in [0.15, 0.2) is 0 Å². The van der Waals surface area contributed by atoms with E-state index in [1.54, 1.807) is 0 Å². The molecule has 0 bridgehead atoms. The Morgan fingerprint density at radius 1 is 1.27 bits per heavy atom. The summed E-state index contributed by atoms with van der Waals surface area (Å²) in [5.74, 6) is 0.501. The highest BCUT2D eigenvalue weighted by atomic mass is 16.6. The number of nitrogens with one attached hydrogen (secondary N) is 1. The lowest BCUT2D eigenvalue weighted by Gasteiger charge is -2.40. The molecule has 0 radical (unpaired) electrons. The van der Waals surface area contributed by atoms with Gasteiger partial charge in [-0.1, -0.05) is 30.3 Å². The van der Waals surface area contributed by atoms with Gasteiger partial charge in [-0.3, -0.25) is 0 Å². The van der Waals surface area contributed by atoms with Gasteiger partial charge in [0.1, 0.15) is 5.60 Å². The van der Waals surface area contributed by atoms with Crippen molar-refractivity contribution in [2.75, 3.05) is 6.61 Å². The maximum Gasteiger partial charge on any atom is 0.408 e. The lowest BCUT2D eigenvalue weighted by molar-refractivity contribution is 0.0334. The first kappa shape index (κ1) is 16.8. The van der Waals surface area contributed by atoms with Crippen LogP contribution >= 0.6 is 0 Å². The maximum atomic E-state index is 12.0. The molecule has 0 aromatic heterocycles. The number of carbonyl (C=O) groups excluding carboxylic acids is 1. The van der Waals surface area contributed by atoms with Crippen molar-refractivity contribution >= 4 is 6.09 Å². The second-order valence-electron chi connectivity index (χ2n) is 7.25. The monoisotopic (exact) mass is 305 g/mol. The van der Waals surface area contributed by atoms with E-state index < -0.39 is 17.2 Å². The highest BCUT2D eigenvalue weighted by molar-refractivity contribution is 5.68. The third-order valence-corrected chi connectivity index (χ3v) is 4.28. The second kappa shape index (κ2) is 6.69. The van der Waals surface area contributed by atoms with Crippen LogP contribution in [0.1, 0.15) is 57.9 Å². The minimum absolute atomic E-state index is 0.0479. The molecule has 1 saturated carbocycles. The van der Waals surface area contributed by atoms with E-state index in [0.29, 0.717) is 5.92 Å². The van der Waals surface area contributed by atoms with Crippen molar-refractivity contribution in [2.45, 2.75) is 63.5 Å².